The number of nitrogens with one attached hydrogen (secondary N) is 1. The zero-order valence-corrected chi connectivity index (χ0v) is 10.8. The molecular weight excluding hydrogens is 246 g/mol. The largest absolute Gasteiger partial charge is 0.395 e. The van der Waals surface area contributed by atoms with E-state index in [1.165, 1.54) is 4.68 Å². The number of rotatable bonds is 5. The molecule has 0 aliphatic rings. The molecule has 1 rings (SSSR count). The van der Waals surface area contributed by atoms with Gasteiger partial charge >= 0.3 is 0 Å². The van der Waals surface area contributed by atoms with Gasteiger partial charge in [0.1, 0.15) is 4.90 Å². The first-order valence-electron chi connectivity index (χ1n) is 5.07. The quantitative estimate of drug-likeness (QED) is 0.610. The highest BCUT2D eigenvalue weighted by Crippen LogP contribution is 2.18. The van der Waals surface area contributed by atoms with Gasteiger partial charge in [-0.3, -0.25) is 4.68 Å². The SMILES string of the molecule is Cc1nn(C)c(C)c1S(=O)(=O)NC(CO)CO. The first kappa shape index (κ1) is 14.1. The Morgan fingerprint density at radius 3 is 2.24 bits per heavy atom. The summed E-state index contributed by atoms with van der Waals surface area (Å²) in [6, 6.07) is -0.904. The van der Waals surface area contributed by atoms with Gasteiger partial charge in [0.05, 0.1) is 30.6 Å². The van der Waals surface area contributed by atoms with Gasteiger partial charge in [-0.2, -0.15) is 5.10 Å². The van der Waals surface area contributed by atoms with E-state index in [0.29, 0.717) is 11.4 Å². The van der Waals surface area contributed by atoms with Crippen LogP contribution in [0.4, 0.5) is 0 Å². The summed E-state index contributed by atoms with van der Waals surface area (Å²) in [7, 11) is -2.13. The van der Waals surface area contributed by atoms with E-state index < -0.39 is 29.3 Å². The van der Waals surface area contributed by atoms with E-state index in [4.69, 9.17) is 10.2 Å². The summed E-state index contributed by atoms with van der Waals surface area (Å²) < 4.78 is 27.7. The Balaban J connectivity index is 3.13. The first-order chi connectivity index (χ1) is 7.83. The second-order valence-corrected chi connectivity index (χ2v) is 5.46. The maximum Gasteiger partial charge on any atom is 0.244 e. The minimum atomic E-state index is -3.78. The lowest BCUT2D eigenvalue weighted by molar-refractivity contribution is 0.185. The number of aryl methyl sites for hydroxylation is 2. The lowest BCUT2D eigenvalue weighted by Crippen LogP contribution is -2.40. The Labute approximate surface area is 100 Å². The van der Waals surface area contributed by atoms with Gasteiger partial charge in [-0.15, -0.1) is 0 Å². The molecule has 1 heterocycles. The number of sulfonamides is 1. The zero-order valence-electron chi connectivity index (χ0n) is 10.0. The van der Waals surface area contributed by atoms with Gasteiger partial charge in [0, 0.05) is 7.05 Å². The summed E-state index contributed by atoms with van der Waals surface area (Å²) in [5.74, 6) is 0. The number of aliphatic hydroxyl groups excluding tert-OH is 2. The zero-order chi connectivity index (χ0) is 13.2. The Bertz CT molecular complexity index is 491. The van der Waals surface area contributed by atoms with Gasteiger partial charge in [-0.25, -0.2) is 13.1 Å². The molecule has 1 aromatic heterocycles. The molecule has 0 aromatic carbocycles. The highest BCUT2D eigenvalue weighted by Gasteiger charge is 2.26. The topological polar surface area (TPSA) is 104 Å². The summed E-state index contributed by atoms with van der Waals surface area (Å²) in [6.07, 6.45) is 0. The molecule has 0 amide bonds. The molecule has 0 spiro atoms. The number of aromatic nitrogens is 2. The van der Waals surface area contributed by atoms with Crippen LogP contribution in [-0.4, -0.2) is 47.7 Å². The highest BCUT2D eigenvalue weighted by atomic mass is 32.2. The summed E-state index contributed by atoms with van der Waals surface area (Å²) in [4.78, 5) is 0.0897. The molecule has 0 bridgehead atoms. The molecule has 0 atom stereocenters. The van der Waals surface area contributed by atoms with Crippen molar-refractivity contribution in [3.8, 4) is 0 Å². The van der Waals surface area contributed by atoms with E-state index in [2.05, 4.69) is 9.82 Å². The molecule has 17 heavy (non-hydrogen) atoms. The van der Waals surface area contributed by atoms with Crippen molar-refractivity contribution in [1.82, 2.24) is 14.5 Å². The summed E-state index contributed by atoms with van der Waals surface area (Å²) in [5.41, 5.74) is 0.886. The van der Waals surface area contributed by atoms with Crippen molar-refractivity contribution < 1.29 is 18.6 Å². The standard InChI is InChI=1S/C9H17N3O4S/c1-6-9(7(2)12(3)10-6)17(15,16)11-8(4-13)5-14/h8,11,13-14H,4-5H2,1-3H3. The summed E-state index contributed by atoms with van der Waals surface area (Å²) >= 11 is 0. The van der Waals surface area contributed by atoms with Crippen molar-refractivity contribution in [1.29, 1.82) is 0 Å². The van der Waals surface area contributed by atoms with Gasteiger partial charge in [-0.1, -0.05) is 0 Å². The molecule has 0 fully saturated rings. The summed E-state index contributed by atoms with van der Waals surface area (Å²) in [6.45, 7) is 2.30. The van der Waals surface area contributed by atoms with Crippen LogP contribution in [0.25, 0.3) is 0 Å². The average molecular weight is 263 g/mol. The van der Waals surface area contributed by atoms with Crippen LogP contribution in [0.15, 0.2) is 4.90 Å². The predicted molar refractivity (Wildman–Crippen MR) is 61.0 cm³/mol. The Hall–Kier alpha value is -0.960. The van der Waals surface area contributed by atoms with Crippen LogP contribution in [0, 0.1) is 13.8 Å². The number of hydrogen-bond donors (Lipinski definition) is 3. The molecule has 1 aromatic rings. The molecule has 98 valence electrons. The molecular formula is C9H17N3O4S. The third kappa shape index (κ3) is 2.83. The lowest BCUT2D eigenvalue weighted by Gasteiger charge is -2.13. The fourth-order valence-corrected chi connectivity index (χ4v) is 3.21. The molecule has 8 heteroatoms. The third-order valence-corrected chi connectivity index (χ3v) is 4.25. The maximum atomic E-state index is 12.0. The second-order valence-electron chi connectivity index (χ2n) is 3.81. The van der Waals surface area contributed by atoms with E-state index >= 15 is 0 Å². The predicted octanol–water partition coefficient (Wildman–Crippen LogP) is -1.33. The molecule has 0 aliphatic heterocycles. The fraction of sp³-hybridized carbons (Fsp3) is 0.667. The van der Waals surface area contributed by atoms with Crippen LogP contribution >= 0.6 is 0 Å². The van der Waals surface area contributed by atoms with E-state index in [9.17, 15) is 8.42 Å². The van der Waals surface area contributed by atoms with Crippen LogP contribution in [0.1, 0.15) is 11.4 Å². The number of hydrogen-bond acceptors (Lipinski definition) is 5. The molecule has 3 N–H and O–H groups in total. The van der Waals surface area contributed by atoms with Crippen LogP contribution in [0.5, 0.6) is 0 Å². The van der Waals surface area contributed by atoms with Crippen molar-refractivity contribution in [2.75, 3.05) is 13.2 Å². The van der Waals surface area contributed by atoms with Crippen LogP contribution in [0.3, 0.4) is 0 Å². The lowest BCUT2D eigenvalue weighted by atomic mass is 10.4. The third-order valence-electron chi connectivity index (χ3n) is 2.47. The summed E-state index contributed by atoms with van der Waals surface area (Å²) in [5, 5.41) is 21.8. The highest BCUT2D eigenvalue weighted by molar-refractivity contribution is 7.89. The minimum Gasteiger partial charge on any atom is -0.395 e. The van der Waals surface area contributed by atoms with Crippen LogP contribution in [0.2, 0.25) is 0 Å². The van der Waals surface area contributed by atoms with E-state index in [1.807, 2.05) is 0 Å². The monoisotopic (exact) mass is 263 g/mol. The van der Waals surface area contributed by atoms with E-state index in [-0.39, 0.29) is 4.90 Å². The Kier molecular flexibility index (Phi) is 4.26. The molecule has 0 aliphatic carbocycles. The normalized spacial score (nSPS) is 12.4. The van der Waals surface area contributed by atoms with Crippen LogP contribution in [-0.2, 0) is 17.1 Å². The van der Waals surface area contributed by atoms with Crippen molar-refractivity contribution >= 4 is 10.0 Å². The van der Waals surface area contributed by atoms with Crippen molar-refractivity contribution in [3.63, 3.8) is 0 Å². The Morgan fingerprint density at radius 2 is 1.88 bits per heavy atom. The van der Waals surface area contributed by atoms with Gasteiger partial charge in [0.25, 0.3) is 0 Å². The average Bonchev–Trinajstić information content (AvgIpc) is 2.50. The number of aliphatic hydroxyl groups is 2. The molecule has 0 unspecified atom stereocenters. The van der Waals surface area contributed by atoms with Gasteiger partial charge in [0.15, 0.2) is 0 Å². The van der Waals surface area contributed by atoms with E-state index in [0.717, 1.165) is 0 Å². The molecule has 0 saturated heterocycles. The van der Waals surface area contributed by atoms with Gasteiger partial charge in [0.2, 0.25) is 10.0 Å². The number of nitrogens with zero attached hydrogens (tertiary/aromatic N) is 2. The van der Waals surface area contributed by atoms with Crippen molar-refractivity contribution in [2.45, 2.75) is 24.8 Å². The smallest absolute Gasteiger partial charge is 0.244 e. The van der Waals surface area contributed by atoms with Crippen molar-refractivity contribution in [3.05, 3.63) is 11.4 Å². The van der Waals surface area contributed by atoms with Crippen LogP contribution < -0.4 is 4.72 Å². The molecule has 7 nitrogen and oxygen atoms in total. The minimum absolute atomic E-state index is 0.0897. The van der Waals surface area contributed by atoms with Gasteiger partial charge in [-0.05, 0) is 13.8 Å². The van der Waals surface area contributed by atoms with Crippen molar-refractivity contribution in [2.24, 2.45) is 7.05 Å². The van der Waals surface area contributed by atoms with Gasteiger partial charge < -0.3 is 10.2 Å². The molecule has 0 radical (unpaired) electrons. The maximum absolute atomic E-state index is 12.0. The van der Waals surface area contributed by atoms with E-state index in [1.54, 1.807) is 20.9 Å². The molecule has 0 saturated carbocycles. The fourth-order valence-electron chi connectivity index (χ4n) is 1.55. The second kappa shape index (κ2) is 5.13. The first-order valence-corrected chi connectivity index (χ1v) is 6.56. The Morgan fingerprint density at radius 1 is 1.35 bits per heavy atom.